The molecule has 1 aromatic rings. The fourth-order valence-corrected chi connectivity index (χ4v) is 1.93. The molecule has 0 aromatic heterocycles. The molecule has 1 fully saturated rings. The Kier molecular flexibility index (Phi) is 2.39. The number of methoxy groups -OCH3 is 1. The fraction of sp³-hybridized carbons (Fsp3) is 0.333. The van der Waals surface area contributed by atoms with Crippen molar-refractivity contribution in [2.24, 2.45) is 0 Å². The van der Waals surface area contributed by atoms with Crippen LogP contribution in [0.5, 0.6) is 5.75 Å². The molecule has 0 radical (unpaired) electrons. The summed E-state index contributed by atoms with van der Waals surface area (Å²) in [5, 5.41) is 9.10. The molecule has 1 aromatic carbocycles. The minimum absolute atomic E-state index is 0.0600. The molecule has 0 bridgehead atoms. The molecule has 0 unspecified atom stereocenters. The Balaban J connectivity index is 2.41. The van der Waals surface area contributed by atoms with Crippen LogP contribution in [-0.2, 0) is 10.2 Å². The number of halogens is 1. The molecule has 2 rings (SSSR count). The lowest BCUT2D eigenvalue weighted by Gasteiger charge is -2.34. The molecule has 0 spiro atoms. The van der Waals surface area contributed by atoms with Crippen LogP contribution in [0.4, 0.5) is 4.39 Å². The molecule has 16 heavy (non-hydrogen) atoms. The van der Waals surface area contributed by atoms with E-state index in [9.17, 15) is 9.18 Å². The molecule has 0 saturated heterocycles. The van der Waals surface area contributed by atoms with Crippen LogP contribution in [0.2, 0.25) is 0 Å². The van der Waals surface area contributed by atoms with Crippen LogP contribution in [0.3, 0.4) is 0 Å². The third-order valence-corrected chi connectivity index (χ3v) is 2.92. The van der Waals surface area contributed by atoms with E-state index in [1.54, 1.807) is 0 Å². The number of nitrogens with zero attached hydrogens (tertiary/aromatic N) is 1. The second-order valence-corrected chi connectivity index (χ2v) is 3.94. The van der Waals surface area contributed by atoms with Crippen molar-refractivity contribution < 1.29 is 13.9 Å². The van der Waals surface area contributed by atoms with Crippen LogP contribution >= 0.6 is 0 Å². The Morgan fingerprint density at radius 1 is 1.50 bits per heavy atom. The van der Waals surface area contributed by atoms with Crippen molar-refractivity contribution in [1.29, 1.82) is 5.26 Å². The summed E-state index contributed by atoms with van der Waals surface area (Å²) in [6, 6.07) is 6.42. The number of carbonyl (C=O) groups excluding carboxylic acids is 1. The summed E-state index contributed by atoms with van der Waals surface area (Å²) in [7, 11) is 1.37. The number of nitriles is 1. The van der Waals surface area contributed by atoms with Gasteiger partial charge in [0, 0.05) is 12.8 Å². The van der Waals surface area contributed by atoms with Gasteiger partial charge < -0.3 is 4.74 Å². The first-order valence-corrected chi connectivity index (χ1v) is 4.88. The number of ketones is 1. The van der Waals surface area contributed by atoms with Crippen LogP contribution in [-0.4, -0.2) is 12.9 Å². The van der Waals surface area contributed by atoms with Gasteiger partial charge >= 0.3 is 0 Å². The molecule has 0 N–H and O–H groups in total. The maximum atomic E-state index is 13.2. The first-order valence-electron chi connectivity index (χ1n) is 4.88. The van der Waals surface area contributed by atoms with Gasteiger partial charge in [-0.15, -0.1) is 0 Å². The average molecular weight is 219 g/mol. The summed E-state index contributed by atoms with van der Waals surface area (Å²) < 4.78 is 18.0. The highest BCUT2D eigenvalue weighted by atomic mass is 19.1. The Hall–Kier alpha value is -1.89. The summed E-state index contributed by atoms with van der Waals surface area (Å²) in [4.78, 5) is 11.0. The standard InChI is InChI=1S/C12H10FNO2/c1-16-11-4-8(2-3-10(11)13)12(7-14)5-9(15)6-12/h2-4H,5-6H2,1H3. The molecular formula is C12H10FNO2. The summed E-state index contributed by atoms with van der Waals surface area (Å²) >= 11 is 0. The van der Waals surface area contributed by atoms with Gasteiger partial charge in [0.1, 0.15) is 5.78 Å². The molecule has 0 atom stereocenters. The van der Waals surface area contributed by atoms with Crippen molar-refractivity contribution in [1.82, 2.24) is 0 Å². The van der Waals surface area contributed by atoms with Crippen molar-refractivity contribution in [3.05, 3.63) is 29.6 Å². The maximum absolute atomic E-state index is 13.2. The highest BCUT2D eigenvalue weighted by Gasteiger charge is 2.45. The number of Topliss-reactive ketones (excluding diaryl/α,β-unsaturated/α-hetero) is 1. The molecule has 0 aliphatic heterocycles. The SMILES string of the molecule is COc1cc(C2(C#N)CC(=O)C2)ccc1F. The number of benzene rings is 1. The van der Waals surface area contributed by atoms with Gasteiger partial charge in [0.2, 0.25) is 0 Å². The minimum Gasteiger partial charge on any atom is -0.494 e. The van der Waals surface area contributed by atoms with Gasteiger partial charge in [0.05, 0.1) is 18.6 Å². The molecular weight excluding hydrogens is 209 g/mol. The van der Waals surface area contributed by atoms with Crippen LogP contribution < -0.4 is 4.74 Å². The Bertz CT molecular complexity index is 482. The van der Waals surface area contributed by atoms with Crippen LogP contribution in [0.1, 0.15) is 18.4 Å². The van der Waals surface area contributed by atoms with E-state index in [1.807, 2.05) is 0 Å². The molecule has 82 valence electrons. The zero-order chi connectivity index (χ0) is 11.8. The highest BCUT2D eigenvalue weighted by molar-refractivity contribution is 5.90. The number of ether oxygens (including phenoxy) is 1. The molecule has 1 aliphatic carbocycles. The van der Waals surface area contributed by atoms with E-state index >= 15 is 0 Å². The van der Waals surface area contributed by atoms with Crippen molar-refractivity contribution >= 4 is 5.78 Å². The third kappa shape index (κ3) is 1.45. The number of hydrogen-bond acceptors (Lipinski definition) is 3. The lowest BCUT2D eigenvalue weighted by Crippen LogP contribution is -2.40. The smallest absolute Gasteiger partial charge is 0.165 e. The predicted octanol–water partition coefficient (Wildman–Crippen LogP) is 1.96. The average Bonchev–Trinajstić information content (AvgIpc) is 2.25. The van der Waals surface area contributed by atoms with Crippen LogP contribution in [0, 0.1) is 17.1 Å². The number of carbonyl (C=O) groups is 1. The zero-order valence-corrected chi connectivity index (χ0v) is 8.79. The lowest BCUT2D eigenvalue weighted by atomic mass is 9.65. The summed E-state index contributed by atoms with van der Waals surface area (Å²) in [5.41, 5.74) is -0.134. The second kappa shape index (κ2) is 3.60. The van der Waals surface area contributed by atoms with Gasteiger partial charge in [-0.2, -0.15) is 5.26 Å². The normalized spacial score (nSPS) is 17.4. The van der Waals surface area contributed by atoms with Crippen LogP contribution in [0.15, 0.2) is 18.2 Å². The van der Waals surface area contributed by atoms with E-state index in [0.29, 0.717) is 5.56 Å². The van der Waals surface area contributed by atoms with Crippen molar-refractivity contribution in [3.63, 3.8) is 0 Å². The van der Waals surface area contributed by atoms with Gasteiger partial charge in [0.15, 0.2) is 11.6 Å². The van der Waals surface area contributed by atoms with E-state index in [2.05, 4.69) is 6.07 Å². The fourth-order valence-electron chi connectivity index (χ4n) is 1.93. The topological polar surface area (TPSA) is 50.1 Å². The monoisotopic (exact) mass is 219 g/mol. The van der Waals surface area contributed by atoms with E-state index in [1.165, 1.54) is 25.3 Å². The summed E-state index contributed by atoms with van der Waals surface area (Å²) in [5.74, 6) is -0.304. The first kappa shape index (κ1) is 10.6. The maximum Gasteiger partial charge on any atom is 0.165 e. The third-order valence-electron chi connectivity index (χ3n) is 2.92. The first-order chi connectivity index (χ1) is 7.61. The largest absolute Gasteiger partial charge is 0.494 e. The Morgan fingerprint density at radius 3 is 2.69 bits per heavy atom. The lowest BCUT2D eigenvalue weighted by molar-refractivity contribution is -0.126. The van der Waals surface area contributed by atoms with Crippen molar-refractivity contribution in [3.8, 4) is 11.8 Å². The van der Waals surface area contributed by atoms with Crippen molar-refractivity contribution in [2.75, 3.05) is 7.11 Å². The Labute approximate surface area is 92.4 Å². The molecule has 0 amide bonds. The Morgan fingerprint density at radius 2 is 2.19 bits per heavy atom. The minimum atomic E-state index is -0.780. The van der Waals surface area contributed by atoms with Crippen molar-refractivity contribution in [2.45, 2.75) is 18.3 Å². The molecule has 3 nitrogen and oxygen atoms in total. The van der Waals surface area contributed by atoms with E-state index in [0.717, 1.165) is 0 Å². The van der Waals surface area contributed by atoms with E-state index in [-0.39, 0.29) is 24.4 Å². The predicted molar refractivity (Wildman–Crippen MR) is 54.5 cm³/mol. The summed E-state index contributed by atoms with van der Waals surface area (Å²) in [6.07, 6.45) is 0.413. The number of hydrogen-bond donors (Lipinski definition) is 0. The van der Waals surface area contributed by atoms with Gasteiger partial charge in [0.25, 0.3) is 0 Å². The van der Waals surface area contributed by atoms with Gasteiger partial charge in [-0.25, -0.2) is 4.39 Å². The number of rotatable bonds is 2. The van der Waals surface area contributed by atoms with E-state index in [4.69, 9.17) is 10.00 Å². The summed E-state index contributed by atoms with van der Waals surface area (Å²) in [6.45, 7) is 0. The molecule has 1 saturated carbocycles. The van der Waals surface area contributed by atoms with E-state index < -0.39 is 11.2 Å². The quantitative estimate of drug-likeness (QED) is 0.763. The zero-order valence-electron chi connectivity index (χ0n) is 8.79. The second-order valence-electron chi connectivity index (χ2n) is 3.94. The molecule has 0 heterocycles. The molecule has 1 aliphatic rings. The van der Waals surface area contributed by atoms with Gasteiger partial charge in [-0.3, -0.25) is 4.79 Å². The van der Waals surface area contributed by atoms with Crippen LogP contribution in [0.25, 0.3) is 0 Å². The molecule has 4 heteroatoms. The van der Waals surface area contributed by atoms with Gasteiger partial charge in [-0.1, -0.05) is 6.07 Å². The highest BCUT2D eigenvalue weighted by Crippen LogP contribution is 2.41. The van der Waals surface area contributed by atoms with Gasteiger partial charge in [-0.05, 0) is 17.7 Å².